The number of nitrogens with one attached hydrogen (secondary N) is 1. The fourth-order valence-electron chi connectivity index (χ4n) is 2.24. The lowest BCUT2D eigenvalue weighted by molar-refractivity contribution is -0.120. The molecule has 0 saturated carbocycles. The van der Waals surface area contributed by atoms with Gasteiger partial charge in [-0.1, -0.05) is 18.5 Å². The van der Waals surface area contributed by atoms with Crippen molar-refractivity contribution in [3.8, 4) is 0 Å². The molecular weight excluding hydrogens is 262 g/mol. The molecule has 102 valence electrons. The molecule has 2 rings (SSSR count). The molecule has 0 atom stereocenters. The van der Waals surface area contributed by atoms with Gasteiger partial charge < -0.3 is 9.73 Å². The van der Waals surface area contributed by atoms with Crippen molar-refractivity contribution in [1.29, 1.82) is 0 Å². The molecule has 0 fully saturated rings. The van der Waals surface area contributed by atoms with Gasteiger partial charge in [-0.25, -0.2) is 0 Å². The summed E-state index contributed by atoms with van der Waals surface area (Å²) in [6.45, 7) is 6.64. The van der Waals surface area contributed by atoms with Gasteiger partial charge in [0.2, 0.25) is 5.91 Å². The maximum absolute atomic E-state index is 11.8. The van der Waals surface area contributed by atoms with Crippen molar-refractivity contribution in [3.63, 3.8) is 0 Å². The highest BCUT2D eigenvalue weighted by Gasteiger charge is 2.15. The van der Waals surface area contributed by atoms with Gasteiger partial charge in [-0.2, -0.15) is 0 Å². The smallest absolute Gasteiger partial charge is 0.224 e. The number of halogens is 1. The van der Waals surface area contributed by atoms with E-state index in [4.69, 9.17) is 16.0 Å². The first-order valence-corrected chi connectivity index (χ1v) is 6.84. The molecule has 2 aromatic rings. The Hall–Kier alpha value is -1.48. The SMILES string of the molecule is CCCNC(=O)Cc1coc2cc(C)c(Cl)c(C)c12. The Morgan fingerprint density at radius 2 is 2.16 bits per heavy atom. The summed E-state index contributed by atoms with van der Waals surface area (Å²) in [6.07, 6.45) is 2.91. The zero-order valence-electron chi connectivity index (χ0n) is 11.5. The van der Waals surface area contributed by atoms with Crippen molar-refractivity contribution in [3.05, 3.63) is 34.0 Å². The number of amides is 1. The van der Waals surface area contributed by atoms with Gasteiger partial charge in [0, 0.05) is 22.5 Å². The molecule has 19 heavy (non-hydrogen) atoms. The third-order valence-electron chi connectivity index (χ3n) is 3.22. The molecule has 0 spiro atoms. The second-order valence-corrected chi connectivity index (χ2v) is 5.17. The predicted octanol–water partition coefficient (Wildman–Crippen LogP) is 3.77. The van der Waals surface area contributed by atoms with Crippen LogP contribution in [0.3, 0.4) is 0 Å². The predicted molar refractivity (Wildman–Crippen MR) is 77.7 cm³/mol. The Balaban J connectivity index is 2.35. The number of aryl methyl sites for hydroxylation is 2. The number of carbonyl (C=O) groups is 1. The number of benzene rings is 1. The summed E-state index contributed by atoms with van der Waals surface area (Å²) < 4.78 is 5.53. The van der Waals surface area contributed by atoms with E-state index in [1.54, 1.807) is 6.26 Å². The first kappa shape index (κ1) is 13.9. The normalized spacial score (nSPS) is 10.9. The number of furan rings is 1. The molecule has 0 saturated heterocycles. The van der Waals surface area contributed by atoms with Crippen LogP contribution in [0.15, 0.2) is 16.7 Å². The molecule has 0 radical (unpaired) electrons. The Bertz CT molecular complexity index is 616. The maximum atomic E-state index is 11.8. The highest BCUT2D eigenvalue weighted by atomic mass is 35.5. The molecule has 0 aliphatic carbocycles. The number of hydrogen-bond acceptors (Lipinski definition) is 2. The van der Waals surface area contributed by atoms with Gasteiger partial charge in [0.1, 0.15) is 5.58 Å². The molecule has 0 unspecified atom stereocenters. The number of carbonyl (C=O) groups excluding carboxylic acids is 1. The van der Waals surface area contributed by atoms with E-state index in [2.05, 4.69) is 5.32 Å². The molecule has 1 amide bonds. The van der Waals surface area contributed by atoms with Gasteiger partial charge in [-0.05, 0) is 37.5 Å². The van der Waals surface area contributed by atoms with Crippen molar-refractivity contribution in [2.45, 2.75) is 33.6 Å². The van der Waals surface area contributed by atoms with E-state index in [-0.39, 0.29) is 5.91 Å². The summed E-state index contributed by atoms with van der Waals surface area (Å²) in [4.78, 5) is 11.8. The average Bonchev–Trinajstić information content (AvgIpc) is 2.76. The summed E-state index contributed by atoms with van der Waals surface area (Å²) in [7, 11) is 0. The lowest BCUT2D eigenvalue weighted by atomic mass is 10.0. The third-order valence-corrected chi connectivity index (χ3v) is 3.80. The lowest BCUT2D eigenvalue weighted by Crippen LogP contribution is -2.25. The van der Waals surface area contributed by atoms with Crippen LogP contribution in [-0.4, -0.2) is 12.5 Å². The second kappa shape index (κ2) is 5.66. The van der Waals surface area contributed by atoms with E-state index in [0.717, 1.165) is 39.1 Å². The van der Waals surface area contributed by atoms with E-state index in [9.17, 15) is 4.79 Å². The molecule has 1 N–H and O–H groups in total. The highest BCUT2D eigenvalue weighted by molar-refractivity contribution is 6.33. The number of fused-ring (bicyclic) bond motifs is 1. The molecule has 3 nitrogen and oxygen atoms in total. The fraction of sp³-hybridized carbons (Fsp3) is 0.400. The number of hydrogen-bond donors (Lipinski definition) is 1. The third kappa shape index (κ3) is 2.76. The zero-order chi connectivity index (χ0) is 14.0. The van der Waals surface area contributed by atoms with Crippen LogP contribution in [0.5, 0.6) is 0 Å². The summed E-state index contributed by atoms with van der Waals surface area (Å²) >= 11 is 6.26. The minimum absolute atomic E-state index is 0.0145. The standard InChI is InChI=1S/C15H18ClNO2/c1-4-5-17-13(18)7-11-8-19-12-6-9(2)15(16)10(3)14(11)12/h6,8H,4-5,7H2,1-3H3,(H,17,18). The summed E-state index contributed by atoms with van der Waals surface area (Å²) in [5.41, 5.74) is 3.65. The summed E-state index contributed by atoms with van der Waals surface area (Å²) in [5, 5.41) is 4.57. The molecule has 0 aliphatic heterocycles. The van der Waals surface area contributed by atoms with Crippen LogP contribution in [-0.2, 0) is 11.2 Å². The Labute approximate surface area is 117 Å². The molecule has 0 bridgehead atoms. The highest BCUT2D eigenvalue weighted by Crippen LogP contribution is 2.32. The largest absolute Gasteiger partial charge is 0.464 e. The minimum Gasteiger partial charge on any atom is -0.464 e. The summed E-state index contributed by atoms with van der Waals surface area (Å²) in [6, 6.07) is 1.91. The Kier molecular flexibility index (Phi) is 4.15. The van der Waals surface area contributed by atoms with Crippen molar-refractivity contribution in [2.75, 3.05) is 6.54 Å². The van der Waals surface area contributed by atoms with Crippen LogP contribution in [0.4, 0.5) is 0 Å². The van der Waals surface area contributed by atoms with Crippen LogP contribution < -0.4 is 5.32 Å². The van der Waals surface area contributed by atoms with E-state index in [1.807, 2.05) is 26.8 Å². The Morgan fingerprint density at radius 1 is 1.42 bits per heavy atom. The van der Waals surface area contributed by atoms with Crippen LogP contribution in [0, 0.1) is 13.8 Å². The van der Waals surface area contributed by atoms with Crippen LogP contribution >= 0.6 is 11.6 Å². The topological polar surface area (TPSA) is 42.2 Å². The first-order chi connectivity index (χ1) is 9.04. The van der Waals surface area contributed by atoms with Gasteiger partial charge in [0.15, 0.2) is 0 Å². The van der Waals surface area contributed by atoms with Gasteiger partial charge in [-0.3, -0.25) is 4.79 Å². The van der Waals surface area contributed by atoms with E-state index in [0.29, 0.717) is 13.0 Å². The van der Waals surface area contributed by atoms with Crippen LogP contribution in [0.25, 0.3) is 11.0 Å². The minimum atomic E-state index is 0.0145. The van der Waals surface area contributed by atoms with Crippen molar-refractivity contribution in [2.24, 2.45) is 0 Å². The molecule has 0 aliphatic rings. The van der Waals surface area contributed by atoms with Gasteiger partial charge in [-0.15, -0.1) is 0 Å². The van der Waals surface area contributed by atoms with E-state index < -0.39 is 0 Å². The van der Waals surface area contributed by atoms with Crippen LogP contribution in [0.2, 0.25) is 5.02 Å². The molecule has 1 aromatic carbocycles. The second-order valence-electron chi connectivity index (χ2n) is 4.79. The summed E-state index contributed by atoms with van der Waals surface area (Å²) in [5.74, 6) is 0.0145. The molecule has 4 heteroatoms. The molecule has 1 aromatic heterocycles. The van der Waals surface area contributed by atoms with Gasteiger partial charge in [0.05, 0.1) is 12.7 Å². The van der Waals surface area contributed by atoms with Gasteiger partial charge >= 0.3 is 0 Å². The average molecular weight is 280 g/mol. The van der Waals surface area contributed by atoms with Crippen LogP contribution in [0.1, 0.15) is 30.0 Å². The van der Waals surface area contributed by atoms with E-state index in [1.165, 1.54) is 0 Å². The van der Waals surface area contributed by atoms with Gasteiger partial charge in [0.25, 0.3) is 0 Å². The zero-order valence-corrected chi connectivity index (χ0v) is 12.2. The fourth-order valence-corrected chi connectivity index (χ4v) is 2.39. The lowest BCUT2D eigenvalue weighted by Gasteiger charge is -2.06. The number of rotatable bonds is 4. The van der Waals surface area contributed by atoms with Crippen molar-refractivity contribution < 1.29 is 9.21 Å². The quantitative estimate of drug-likeness (QED) is 0.926. The van der Waals surface area contributed by atoms with Crippen molar-refractivity contribution >= 4 is 28.5 Å². The Morgan fingerprint density at radius 3 is 2.84 bits per heavy atom. The van der Waals surface area contributed by atoms with Crippen molar-refractivity contribution in [1.82, 2.24) is 5.32 Å². The van der Waals surface area contributed by atoms with E-state index >= 15 is 0 Å². The first-order valence-electron chi connectivity index (χ1n) is 6.47. The monoisotopic (exact) mass is 279 g/mol. The molecular formula is C15H18ClNO2. The maximum Gasteiger partial charge on any atom is 0.224 e. The molecule has 1 heterocycles.